The Morgan fingerprint density at radius 3 is 2.79 bits per heavy atom. The molecule has 0 aliphatic heterocycles. The maximum Gasteiger partial charge on any atom is 0.126 e. The van der Waals surface area contributed by atoms with Gasteiger partial charge in [0.15, 0.2) is 0 Å². The fourth-order valence-corrected chi connectivity index (χ4v) is 2.25. The van der Waals surface area contributed by atoms with E-state index in [0.717, 1.165) is 24.2 Å². The van der Waals surface area contributed by atoms with Crippen LogP contribution in [0.15, 0.2) is 36.7 Å². The topological polar surface area (TPSA) is 43.8 Å². The summed E-state index contributed by atoms with van der Waals surface area (Å²) in [5, 5.41) is 0. The number of aryl methyl sites for hydroxylation is 2. The Labute approximate surface area is 113 Å². The van der Waals surface area contributed by atoms with Crippen LogP contribution in [0.3, 0.4) is 0 Å². The van der Waals surface area contributed by atoms with Crippen molar-refractivity contribution in [3.05, 3.63) is 53.9 Å². The van der Waals surface area contributed by atoms with Gasteiger partial charge in [0.2, 0.25) is 0 Å². The lowest BCUT2D eigenvalue weighted by Crippen LogP contribution is -2.19. The maximum absolute atomic E-state index is 13.6. The van der Waals surface area contributed by atoms with Gasteiger partial charge < -0.3 is 10.3 Å². The lowest BCUT2D eigenvalue weighted by atomic mass is 9.94. The minimum atomic E-state index is -0.141. The van der Waals surface area contributed by atoms with Gasteiger partial charge in [-0.15, -0.1) is 0 Å². The number of nitrogens with zero attached hydrogens (tertiary/aromatic N) is 2. The quantitative estimate of drug-likeness (QED) is 0.867. The molecule has 1 aromatic heterocycles. The smallest absolute Gasteiger partial charge is 0.126 e. The molecule has 0 spiro atoms. The maximum atomic E-state index is 13.6. The molecule has 0 amide bonds. The zero-order valence-corrected chi connectivity index (χ0v) is 11.2. The van der Waals surface area contributed by atoms with E-state index in [1.54, 1.807) is 12.3 Å². The predicted octanol–water partition coefficient (Wildman–Crippen LogP) is 2.31. The Morgan fingerprint density at radius 1 is 1.37 bits per heavy atom. The first-order valence-electron chi connectivity index (χ1n) is 6.60. The summed E-state index contributed by atoms with van der Waals surface area (Å²) < 4.78 is 15.6. The van der Waals surface area contributed by atoms with Gasteiger partial charge in [0.25, 0.3) is 0 Å². The van der Waals surface area contributed by atoms with Crippen molar-refractivity contribution >= 4 is 0 Å². The van der Waals surface area contributed by atoms with Gasteiger partial charge in [0.05, 0.1) is 0 Å². The Balaban J connectivity index is 1.94. The molecule has 1 aromatic carbocycles. The highest BCUT2D eigenvalue weighted by Gasteiger charge is 2.12. The number of imidazole rings is 1. The fourth-order valence-electron chi connectivity index (χ4n) is 2.25. The minimum Gasteiger partial charge on any atom is -0.338 e. The zero-order chi connectivity index (χ0) is 13.7. The third-order valence-corrected chi connectivity index (χ3v) is 3.50. The van der Waals surface area contributed by atoms with Crippen LogP contribution in [0.4, 0.5) is 4.39 Å². The molecule has 0 radical (unpaired) electrons. The summed E-state index contributed by atoms with van der Waals surface area (Å²) in [6, 6.07) is 6.91. The van der Waals surface area contributed by atoms with Gasteiger partial charge in [-0.1, -0.05) is 18.2 Å². The molecule has 0 saturated heterocycles. The molecule has 2 N–H and O–H groups in total. The monoisotopic (exact) mass is 261 g/mol. The van der Waals surface area contributed by atoms with Gasteiger partial charge in [-0.25, -0.2) is 9.37 Å². The van der Waals surface area contributed by atoms with Crippen molar-refractivity contribution in [1.29, 1.82) is 0 Å². The van der Waals surface area contributed by atoms with Crippen LogP contribution in [0.25, 0.3) is 0 Å². The van der Waals surface area contributed by atoms with Crippen LogP contribution in [0.5, 0.6) is 0 Å². The van der Waals surface area contributed by atoms with Crippen molar-refractivity contribution in [1.82, 2.24) is 9.55 Å². The number of halogens is 1. The van der Waals surface area contributed by atoms with Gasteiger partial charge in [-0.3, -0.25) is 0 Å². The highest BCUT2D eigenvalue weighted by molar-refractivity contribution is 5.17. The van der Waals surface area contributed by atoms with Gasteiger partial charge >= 0.3 is 0 Å². The SMILES string of the molecule is Cn1ccnc1CCC(CN)Cc1ccccc1F. The predicted molar refractivity (Wildman–Crippen MR) is 74.2 cm³/mol. The lowest BCUT2D eigenvalue weighted by molar-refractivity contribution is 0.472. The number of benzene rings is 1. The van der Waals surface area contributed by atoms with Crippen molar-refractivity contribution in [2.75, 3.05) is 6.54 Å². The molecule has 0 fully saturated rings. The third-order valence-electron chi connectivity index (χ3n) is 3.50. The average molecular weight is 261 g/mol. The first kappa shape index (κ1) is 13.7. The average Bonchev–Trinajstić information content (AvgIpc) is 2.82. The highest BCUT2D eigenvalue weighted by Crippen LogP contribution is 2.16. The summed E-state index contributed by atoms with van der Waals surface area (Å²) in [5.41, 5.74) is 6.55. The normalized spacial score (nSPS) is 12.6. The van der Waals surface area contributed by atoms with Gasteiger partial charge in [0, 0.05) is 25.9 Å². The van der Waals surface area contributed by atoms with E-state index in [0.29, 0.717) is 13.0 Å². The number of aromatic nitrogens is 2. The minimum absolute atomic E-state index is 0.141. The third kappa shape index (κ3) is 3.64. The highest BCUT2D eigenvalue weighted by atomic mass is 19.1. The van der Waals surface area contributed by atoms with E-state index in [1.807, 2.05) is 29.9 Å². The molecule has 1 atom stereocenters. The van der Waals surface area contributed by atoms with Crippen LogP contribution in [-0.4, -0.2) is 16.1 Å². The number of rotatable bonds is 6. The number of hydrogen-bond acceptors (Lipinski definition) is 2. The van der Waals surface area contributed by atoms with Crippen LogP contribution in [-0.2, 0) is 19.9 Å². The van der Waals surface area contributed by atoms with Crippen molar-refractivity contribution in [3.8, 4) is 0 Å². The molecular formula is C15H20FN3. The number of nitrogens with two attached hydrogens (primary N) is 1. The van der Waals surface area contributed by atoms with Crippen molar-refractivity contribution in [2.45, 2.75) is 19.3 Å². The van der Waals surface area contributed by atoms with E-state index in [2.05, 4.69) is 4.98 Å². The van der Waals surface area contributed by atoms with Crippen LogP contribution < -0.4 is 5.73 Å². The summed E-state index contributed by atoms with van der Waals surface area (Å²) in [7, 11) is 1.98. The van der Waals surface area contributed by atoms with E-state index in [4.69, 9.17) is 5.73 Å². The zero-order valence-electron chi connectivity index (χ0n) is 11.2. The molecule has 19 heavy (non-hydrogen) atoms. The lowest BCUT2D eigenvalue weighted by Gasteiger charge is -2.15. The summed E-state index contributed by atoms with van der Waals surface area (Å²) in [6.07, 6.45) is 6.22. The molecule has 0 aliphatic carbocycles. The Morgan fingerprint density at radius 2 is 2.16 bits per heavy atom. The molecule has 4 heteroatoms. The Kier molecular flexibility index (Phi) is 4.68. The van der Waals surface area contributed by atoms with Crippen molar-refractivity contribution < 1.29 is 4.39 Å². The molecule has 2 rings (SSSR count). The van der Waals surface area contributed by atoms with E-state index in [1.165, 1.54) is 6.07 Å². The summed E-state index contributed by atoms with van der Waals surface area (Å²) >= 11 is 0. The molecule has 1 heterocycles. The van der Waals surface area contributed by atoms with Crippen LogP contribution in [0.2, 0.25) is 0 Å². The second-order valence-corrected chi connectivity index (χ2v) is 4.89. The standard InChI is InChI=1S/C15H20FN3/c1-19-9-8-18-15(19)7-6-12(11-17)10-13-4-2-3-5-14(13)16/h2-5,8-9,12H,6-7,10-11,17H2,1H3. The molecular weight excluding hydrogens is 241 g/mol. The Hall–Kier alpha value is -1.68. The van der Waals surface area contributed by atoms with Crippen molar-refractivity contribution in [2.24, 2.45) is 18.7 Å². The second-order valence-electron chi connectivity index (χ2n) is 4.89. The van der Waals surface area contributed by atoms with Crippen molar-refractivity contribution in [3.63, 3.8) is 0 Å². The summed E-state index contributed by atoms with van der Waals surface area (Å²) in [4.78, 5) is 4.29. The fraction of sp³-hybridized carbons (Fsp3) is 0.400. The van der Waals surface area contributed by atoms with Gasteiger partial charge in [-0.2, -0.15) is 0 Å². The Bertz CT molecular complexity index is 522. The van der Waals surface area contributed by atoms with Gasteiger partial charge in [-0.05, 0) is 36.9 Å². The molecule has 1 unspecified atom stereocenters. The first-order chi connectivity index (χ1) is 9.20. The molecule has 102 valence electrons. The number of hydrogen-bond donors (Lipinski definition) is 1. The van der Waals surface area contributed by atoms with E-state index in [-0.39, 0.29) is 11.7 Å². The largest absolute Gasteiger partial charge is 0.338 e. The second kappa shape index (κ2) is 6.48. The van der Waals surface area contributed by atoms with E-state index in [9.17, 15) is 4.39 Å². The molecule has 0 bridgehead atoms. The summed E-state index contributed by atoms with van der Waals surface area (Å²) in [6.45, 7) is 0.568. The first-order valence-corrected chi connectivity index (χ1v) is 6.60. The van der Waals surface area contributed by atoms with Crippen LogP contribution >= 0.6 is 0 Å². The molecule has 2 aromatic rings. The van der Waals surface area contributed by atoms with Gasteiger partial charge in [0.1, 0.15) is 11.6 Å². The molecule has 0 saturated carbocycles. The van der Waals surface area contributed by atoms with E-state index >= 15 is 0 Å². The molecule has 0 aliphatic rings. The molecule has 3 nitrogen and oxygen atoms in total. The van der Waals surface area contributed by atoms with Crippen LogP contribution in [0, 0.1) is 11.7 Å². The van der Waals surface area contributed by atoms with Crippen LogP contribution in [0.1, 0.15) is 17.8 Å². The summed E-state index contributed by atoms with van der Waals surface area (Å²) in [5.74, 6) is 1.19. The van der Waals surface area contributed by atoms with E-state index < -0.39 is 0 Å².